The highest BCUT2D eigenvalue weighted by molar-refractivity contribution is 9.10. The van der Waals surface area contributed by atoms with E-state index < -0.39 is 11.9 Å². The van der Waals surface area contributed by atoms with Crippen LogP contribution < -0.4 is 20.9 Å². The van der Waals surface area contributed by atoms with Crippen molar-refractivity contribution in [1.29, 1.82) is 0 Å². The van der Waals surface area contributed by atoms with Crippen LogP contribution in [-0.2, 0) is 4.79 Å². The zero-order chi connectivity index (χ0) is 19.8. The maximum Gasteiger partial charge on any atom is 0.307 e. The van der Waals surface area contributed by atoms with Gasteiger partial charge in [0.1, 0.15) is 0 Å². The Morgan fingerprint density at radius 2 is 1.86 bits per heavy atom. The van der Waals surface area contributed by atoms with Crippen LogP contribution >= 0.6 is 15.9 Å². The largest absolute Gasteiger partial charge is 0.504 e. The van der Waals surface area contributed by atoms with Crippen molar-refractivity contribution in [3.05, 3.63) is 58.1 Å². The smallest absolute Gasteiger partial charge is 0.307 e. The number of piperidine rings is 1. The van der Waals surface area contributed by atoms with Crippen molar-refractivity contribution in [2.75, 3.05) is 7.11 Å². The van der Waals surface area contributed by atoms with Crippen LogP contribution in [0.3, 0.4) is 0 Å². The summed E-state index contributed by atoms with van der Waals surface area (Å²) in [6.45, 7) is 0. The first-order chi connectivity index (χ1) is 13.5. The second kappa shape index (κ2) is 7.71. The minimum atomic E-state index is -0.806. The lowest BCUT2D eigenvalue weighted by Crippen LogP contribution is -2.53. The fourth-order valence-corrected chi connectivity index (χ4v) is 4.53. The van der Waals surface area contributed by atoms with Gasteiger partial charge in [-0.2, -0.15) is 0 Å². The number of benzene rings is 2. The fraction of sp³-hybridized carbons (Fsp3) is 0.350. The number of carboxylic acids is 1. The summed E-state index contributed by atoms with van der Waals surface area (Å²) < 4.78 is 6.18. The number of phenols is 1. The molecule has 28 heavy (non-hydrogen) atoms. The molecule has 0 spiro atoms. The van der Waals surface area contributed by atoms with Gasteiger partial charge >= 0.3 is 5.97 Å². The number of hydrogen-bond acceptors (Lipinski definition) is 6. The van der Waals surface area contributed by atoms with Crippen LogP contribution in [0, 0.1) is 11.8 Å². The molecule has 0 aromatic heterocycles. The molecule has 2 heterocycles. The summed E-state index contributed by atoms with van der Waals surface area (Å²) in [5, 5.41) is 23.3. The Kier molecular flexibility index (Phi) is 5.29. The first kappa shape index (κ1) is 19.2. The van der Waals surface area contributed by atoms with Gasteiger partial charge in [0, 0.05) is 16.4 Å². The number of methoxy groups -OCH3 is 1. The molecule has 0 saturated carbocycles. The summed E-state index contributed by atoms with van der Waals surface area (Å²) in [6, 6.07) is 12.8. The topological polar surface area (TPSA) is 103 Å². The third-order valence-corrected chi connectivity index (χ3v) is 6.18. The highest BCUT2D eigenvalue weighted by Crippen LogP contribution is 2.43. The highest BCUT2D eigenvalue weighted by Gasteiger charge is 2.49. The number of halogens is 1. The van der Waals surface area contributed by atoms with E-state index in [1.165, 1.54) is 7.11 Å². The standard InChI is InChI=1S/C20H22BrN3O4/c1-28-16-8-11(4-7-15(16)25)14-9-13(20(26)27)17-18(23-24-19(17)22-14)10-2-5-12(21)6-3-10/h2-8,13-14,17-19,22-25H,9H2,1H3,(H,26,27). The van der Waals surface area contributed by atoms with Gasteiger partial charge in [0.2, 0.25) is 0 Å². The SMILES string of the molecule is COc1cc(C2CC(C(=O)O)C3C(NNC3c3ccc(Br)cc3)N2)ccc1O. The first-order valence-corrected chi connectivity index (χ1v) is 9.89. The molecule has 5 N–H and O–H groups in total. The number of hydrogen-bond donors (Lipinski definition) is 5. The zero-order valence-corrected chi connectivity index (χ0v) is 16.8. The van der Waals surface area contributed by atoms with E-state index in [2.05, 4.69) is 32.1 Å². The average Bonchev–Trinajstić information content (AvgIpc) is 3.12. The molecule has 7 nitrogen and oxygen atoms in total. The molecule has 2 fully saturated rings. The first-order valence-electron chi connectivity index (χ1n) is 9.10. The van der Waals surface area contributed by atoms with Gasteiger partial charge in [-0.25, -0.2) is 10.9 Å². The van der Waals surface area contributed by atoms with Crippen LogP contribution in [0.1, 0.15) is 29.6 Å². The van der Waals surface area contributed by atoms with Gasteiger partial charge in [-0.15, -0.1) is 0 Å². The maximum absolute atomic E-state index is 12.1. The molecule has 2 aromatic rings. The van der Waals surface area contributed by atoms with Gasteiger partial charge in [0.05, 0.1) is 25.2 Å². The Labute approximate surface area is 171 Å². The number of nitrogens with one attached hydrogen (secondary N) is 3. The van der Waals surface area contributed by atoms with E-state index in [0.717, 1.165) is 15.6 Å². The molecule has 5 unspecified atom stereocenters. The predicted octanol–water partition coefficient (Wildman–Crippen LogP) is 2.69. The van der Waals surface area contributed by atoms with Crippen LogP contribution in [0.4, 0.5) is 0 Å². The molecule has 4 rings (SSSR count). The lowest BCUT2D eigenvalue weighted by Gasteiger charge is -2.39. The molecule has 0 bridgehead atoms. The molecule has 2 aliphatic rings. The monoisotopic (exact) mass is 447 g/mol. The van der Waals surface area contributed by atoms with Crippen molar-refractivity contribution < 1.29 is 19.7 Å². The molecule has 5 atom stereocenters. The number of phenolic OH excluding ortho intramolecular Hbond substituents is 1. The molecule has 0 aliphatic carbocycles. The molecule has 8 heteroatoms. The van der Waals surface area contributed by atoms with Gasteiger partial charge in [0.25, 0.3) is 0 Å². The normalized spacial score (nSPS) is 29.3. The zero-order valence-electron chi connectivity index (χ0n) is 15.2. The number of rotatable bonds is 4. The van der Waals surface area contributed by atoms with Crippen LogP contribution in [0.5, 0.6) is 11.5 Å². The summed E-state index contributed by atoms with van der Waals surface area (Å²) in [5.74, 6) is -1.05. The van der Waals surface area contributed by atoms with Crippen molar-refractivity contribution in [2.45, 2.75) is 24.7 Å². The number of fused-ring (bicyclic) bond motifs is 1. The third-order valence-electron chi connectivity index (χ3n) is 5.65. The van der Waals surface area contributed by atoms with Crippen molar-refractivity contribution in [3.63, 3.8) is 0 Å². The molecule has 2 aromatic carbocycles. The fourth-order valence-electron chi connectivity index (χ4n) is 4.26. The minimum Gasteiger partial charge on any atom is -0.504 e. The van der Waals surface area contributed by atoms with Gasteiger partial charge in [0.15, 0.2) is 11.5 Å². The summed E-state index contributed by atoms with van der Waals surface area (Å²) >= 11 is 3.44. The second-order valence-electron chi connectivity index (χ2n) is 7.20. The van der Waals surface area contributed by atoms with E-state index in [4.69, 9.17) is 4.74 Å². The van der Waals surface area contributed by atoms with E-state index >= 15 is 0 Å². The van der Waals surface area contributed by atoms with Crippen molar-refractivity contribution in [1.82, 2.24) is 16.2 Å². The van der Waals surface area contributed by atoms with Gasteiger partial charge in [-0.05, 0) is 41.8 Å². The molecule has 148 valence electrons. The van der Waals surface area contributed by atoms with E-state index in [0.29, 0.717) is 12.2 Å². The Balaban J connectivity index is 1.62. The lowest BCUT2D eigenvalue weighted by atomic mass is 9.75. The van der Waals surface area contributed by atoms with Crippen molar-refractivity contribution in [2.24, 2.45) is 11.8 Å². The summed E-state index contributed by atoms with van der Waals surface area (Å²) in [5.41, 5.74) is 8.42. The van der Waals surface area contributed by atoms with Gasteiger partial charge in [-0.1, -0.05) is 34.1 Å². The molecular formula is C20H22BrN3O4. The average molecular weight is 448 g/mol. The second-order valence-corrected chi connectivity index (χ2v) is 8.12. The van der Waals surface area contributed by atoms with Crippen LogP contribution in [0.25, 0.3) is 0 Å². The maximum atomic E-state index is 12.1. The van der Waals surface area contributed by atoms with Crippen LogP contribution in [0.2, 0.25) is 0 Å². The molecule has 2 aliphatic heterocycles. The summed E-state index contributed by atoms with van der Waals surface area (Å²) in [7, 11) is 1.49. The molecular weight excluding hydrogens is 426 g/mol. The lowest BCUT2D eigenvalue weighted by molar-refractivity contribution is -0.146. The number of ether oxygens (including phenoxy) is 1. The van der Waals surface area contributed by atoms with E-state index in [9.17, 15) is 15.0 Å². The van der Waals surface area contributed by atoms with E-state index in [1.807, 2.05) is 24.3 Å². The quantitative estimate of drug-likeness (QED) is 0.490. The van der Waals surface area contributed by atoms with Gasteiger partial charge < -0.3 is 14.9 Å². The van der Waals surface area contributed by atoms with E-state index in [1.54, 1.807) is 18.2 Å². The number of carbonyl (C=O) groups is 1. The summed E-state index contributed by atoms with van der Waals surface area (Å²) in [6.07, 6.45) is 0.245. The van der Waals surface area contributed by atoms with Crippen molar-refractivity contribution in [3.8, 4) is 11.5 Å². The molecule has 2 saturated heterocycles. The third kappa shape index (κ3) is 3.48. The predicted molar refractivity (Wildman–Crippen MR) is 107 cm³/mol. The number of carboxylic acid groups (broad SMARTS) is 1. The molecule has 0 amide bonds. The Bertz CT molecular complexity index is 876. The Hall–Kier alpha value is -2.13. The van der Waals surface area contributed by atoms with Crippen LogP contribution in [-0.4, -0.2) is 29.5 Å². The minimum absolute atomic E-state index is 0.0608. The Morgan fingerprint density at radius 1 is 1.14 bits per heavy atom. The van der Waals surface area contributed by atoms with E-state index in [-0.39, 0.29) is 29.9 Å². The van der Waals surface area contributed by atoms with Crippen molar-refractivity contribution >= 4 is 21.9 Å². The Morgan fingerprint density at radius 3 is 2.54 bits per heavy atom. The number of aliphatic carboxylic acids is 1. The summed E-state index contributed by atoms with van der Waals surface area (Å²) in [4.78, 5) is 12.1. The molecule has 0 radical (unpaired) electrons. The number of aromatic hydroxyl groups is 1. The van der Waals surface area contributed by atoms with Gasteiger partial charge in [-0.3, -0.25) is 10.1 Å². The van der Waals surface area contributed by atoms with Crippen LogP contribution in [0.15, 0.2) is 46.9 Å². The number of hydrazine groups is 1. The highest BCUT2D eigenvalue weighted by atomic mass is 79.9.